The highest BCUT2D eigenvalue weighted by molar-refractivity contribution is 5.74. The lowest BCUT2D eigenvalue weighted by Crippen LogP contribution is -2.42. The van der Waals surface area contributed by atoms with Crippen LogP contribution in [-0.4, -0.2) is 42.2 Å². The molecule has 0 saturated heterocycles. The van der Waals surface area contributed by atoms with Crippen molar-refractivity contribution in [1.29, 1.82) is 0 Å². The average Bonchev–Trinajstić information content (AvgIpc) is 2.67. The largest absolute Gasteiger partial charge is 0.494 e. The third kappa shape index (κ3) is 8.07. The molecule has 1 aromatic carbocycles. The Kier molecular flexibility index (Phi) is 8.55. The van der Waals surface area contributed by atoms with Gasteiger partial charge in [0.15, 0.2) is 0 Å². The molecule has 0 aliphatic carbocycles. The second-order valence-electron chi connectivity index (χ2n) is 6.68. The molecule has 0 bridgehead atoms. The van der Waals surface area contributed by atoms with Crippen molar-refractivity contribution in [3.05, 3.63) is 60.2 Å². The van der Waals surface area contributed by atoms with Crippen molar-refractivity contribution in [2.75, 3.05) is 20.2 Å². The summed E-state index contributed by atoms with van der Waals surface area (Å²) < 4.78 is 18.4. The number of aryl methyl sites for hydroxylation is 1. The molecular weight excluding hydrogens is 345 g/mol. The number of benzene rings is 1. The summed E-state index contributed by atoms with van der Waals surface area (Å²) in [6.07, 6.45) is 7.24. The third-order valence-electron chi connectivity index (χ3n) is 4.26. The fourth-order valence-electron chi connectivity index (χ4n) is 2.68. The van der Waals surface area contributed by atoms with Crippen LogP contribution in [0.1, 0.15) is 31.7 Å². The van der Waals surface area contributed by atoms with Gasteiger partial charge in [-0.3, -0.25) is 4.98 Å². The van der Waals surface area contributed by atoms with Crippen molar-refractivity contribution in [1.82, 2.24) is 15.2 Å². The van der Waals surface area contributed by atoms with Crippen molar-refractivity contribution < 1.29 is 13.9 Å². The molecular formula is C21H28FN3O2. The van der Waals surface area contributed by atoms with Crippen LogP contribution < -0.4 is 10.1 Å². The minimum Gasteiger partial charge on any atom is -0.494 e. The first-order chi connectivity index (χ1) is 13.0. The summed E-state index contributed by atoms with van der Waals surface area (Å²) in [5.74, 6) is 0.346. The number of ether oxygens (including phenoxy) is 1. The first kappa shape index (κ1) is 20.7. The molecule has 0 saturated carbocycles. The maximum absolute atomic E-state index is 12.8. The summed E-state index contributed by atoms with van der Waals surface area (Å²) in [5.41, 5.74) is 1.22. The maximum Gasteiger partial charge on any atom is 0.317 e. The van der Waals surface area contributed by atoms with Gasteiger partial charge in [-0.05, 0) is 68.5 Å². The number of hydrogen-bond acceptors (Lipinski definition) is 3. The van der Waals surface area contributed by atoms with Crippen molar-refractivity contribution in [3.8, 4) is 5.75 Å². The van der Waals surface area contributed by atoms with Gasteiger partial charge >= 0.3 is 6.03 Å². The molecule has 2 rings (SSSR count). The molecule has 1 atom stereocenters. The van der Waals surface area contributed by atoms with Gasteiger partial charge in [-0.2, -0.15) is 0 Å². The Hall–Kier alpha value is -2.63. The van der Waals surface area contributed by atoms with Gasteiger partial charge in [0.25, 0.3) is 0 Å². The topological polar surface area (TPSA) is 54.5 Å². The molecule has 146 valence electrons. The standard InChI is InChI=1S/C21H28FN3O2/c1-17(6-3-7-18-8-4-13-23-16-18)24-21(26)25(2)14-5-15-27-20-11-9-19(22)10-12-20/h4,8-13,16-17H,3,5-7,14-15H2,1-2H3,(H,24,26). The summed E-state index contributed by atoms with van der Waals surface area (Å²) in [4.78, 5) is 18.0. The Morgan fingerprint density at radius 3 is 2.74 bits per heavy atom. The molecule has 0 spiro atoms. The van der Waals surface area contributed by atoms with E-state index in [1.807, 2.05) is 19.2 Å². The van der Waals surface area contributed by atoms with E-state index in [4.69, 9.17) is 4.74 Å². The fraction of sp³-hybridized carbons (Fsp3) is 0.429. The highest BCUT2D eigenvalue weighted by atomic mass is 19.1. The molecule has 0 aliphatic heterocycles. The predicted octanol–water partition coefficient (Wildman–Crippen LogP) is 4.04. The molecule has 0 fully saturated rings. The van der Waals surface area contributed by atoms with E-state index in [1.54, 1.807) is 30.3 Å². The quantitative estimate of drug-likeness (QED) is 0.640. The van der Waals surface area contributed by atoms with Crippen molar-refractivity contribution in [2.45, 2.75) is 38.6 Å². The molecule has 2 amide bonds. The number of rotatable bonds is 10. The van der Waals surface area contributed by atoms with E-state index in [0.717, 1.165) is 19.3 Å². The number of amides is 2. The Labute approximate surface area is 160 Å². The average molecular weight is 373 g/mol. The van der Waals surface area contributed by atoms with Crippen LogP contribution in [0.25, 0.3) is 0 Å². The summed E-state index contributed by atoms with van der Waals surface area (Å²) in [5, 5.41) is 3.02. The molecule has 1 unspecified atom stereocenters. The van der Waals surface area contributed by atoms with Crippen LogP contribution in [0.15, 0.2) is 48.8 Å². The van der Waals surface area contributed by atoms with E-state index < -0.39 is 0 Å². The first-order valence-corrected chi connectivity index (χ1v) is 9.33. The highest BCUT2D eigenvalue weighted by Gasteiger charge is 2.11. The normalized spacial score (nSPS) is 11.7. The minimum atomic E-state index is -0.284. The van der Waals surface area contributed by atoms with Crippen LogP contribution in [0.2, 0.25) is 0 Å². The van der Waals surface area contributed by atoms with Crippen LogP contribution in [0.4, 0.5) is 9.18 Å². The van der Waals surface area contributed by atoms with E-state index in [2.05, 4.69) is 16.4 Å². The zero-order valence-electron chi connectivity index (χ0n) is 16.0. The number of nitrogens with one attached hydrogen (secondary N) is 1. The lowest BCUT2D eigenvalue weighted by Gasteiger charge is -2.21. The van der Waals surface area contributed by atoms with Crippen LogP contribution in [0, 0.1) is 5.82 Å². The monoisotopic (exact) mass is 373 g/mol. The van der Waals surface area contributed by atoms with Gasteiger partial charge in [-0.1, -0.05) is 6.07 Å². The van der Waals surface area contributed by atoms with E-state index in [9.17, 15) is 9.18 Å². The van der Waals surface area contributed by atoms with Gasteiger partial charge in [0.2, 0.25) is 0 Å². The minimum absolute atomic E-state index is 0.0781. The molecule has 27 heavy (non-hydrogen) atoms. The van der Waals surface area contributed by atoms with Crippen LogP contribution in [0.3, 0.4) is 0 Å². The Morgan fingerprint density at radius 1 is 1.26 bits per heavy atom. The van der Waals surface area contributed by atoms with Crippen molar-refractivity contribution in [3.63, 3.8) is 0 Å². The smallest absolute Gasteiger partial charge is 0.317 e. The summed E-state index contributed by atoms with van der Waals surface area (Å²) in [7, 11) is 1.77. The maximum atomic E-state index is 12.8. The number of aromatic nitrogens is 1. The second-order valence-corrected chi connectivity index (χ2v) is 6.68. The number of urea groups is 1. The number of carbonyl (C=O) groups excluding carboxylic acids is 1. The Balaban J connectivity index is 1.57. The van der Waals surface area contributed by atoms with E-state index in [0.29, 0.717) is 25.3 Å². The number of hydrogen-bond donors (Lipinski definition) is 1. The third-order valence-corrected chi connectivity index (χ3v) is 4.26. The van der Waals surface area contributed by atoms with Crippen LogP contribution in [-0.2, 0) is 6.42 Å². The van der Waals surface area contributed by atoms with Gasteiger partial charge in [-0.25, -0.2) is 9.18 Å². The van der Waals surface area contributed by atoms with Gasteiger partial charge in [0, 0.05) is 32.0 Å². The van der Waals surface area contributed by atoms with Gasteiger partial charge in [0.1, 0.15) is 11.6 Å². The molecule has 0 radical (unpaired) electrons. The zero-order chi connectivity index (χ0) is 19.5. The van der Waals surface area contributed by atoms with E-state index >= 15 is 0 Å². The lowest BCUT2D eigenvalue weighted by molar-refractivity contribution is 0.199. The van der Waals surface area contributed by atoms with E-state index in [-0.39, 0.29) is 17.9 Å². The van der Waals surface area contributed by atoms with Crippen molar-refractivity contribution >= 4 is 6.03 Å². The summed E-state index contributed by atoms with van der Waals surface area (Å²) in [6.45, 7) is 3.09. The first-order valence-electron chi connectivity index (χ1n) is 9.33. The van der Waals surface area contributed by atoms with Crippen LogP contribution >= 0.6 is 0 Å². The summed E-state index contributed by atoms with van der Waals surface area (Å²) >= 11 is 0. The zero-order valence-corrected chi connectivity index (χ0v) is 16.0. The molecule has 1 aromatic heterocycles. The fourth-order valence-corrected chi connectivity index (χ4v) is 2.68. The van der Waals surface area contributed by atoms with E-state index in [1.165, 1.54) is 17.7 Å². The highest BCUT2D eigenvalue weighted by Crippen LogP contribution is 2.11. The Bertz CT molecular complexity index is 680. The number of nitrogens with zero attached hydrogens (tertiary/aromatic N) is 2. The second kappa shape index (κ2) is 11.2. The number of pyridine rings is 1. The molecule has 1 N–H and O–H groups in total. The lowest BCUT2D eigenvalue weighted by atomic mass is 10.1. The SMILES string of the molecule is CC(CCCc1cccnc1)NC(=O)N(C)CCCOc1ccc(F)cc1. The molecule has 0 aliphatic rings. The van der Waals surface area contributed by atoms with Gasteiger partial charge in [-0.15, -0.1) is 0 Å². The van der Waals surface area contributed by atoms with Crippen molar-refractivity contribution in [2.24, 2.45) is 0 Å². The predicted molar refractivity (Wildman–Crippen MR) is 104 cm³/mol. The molecule has 1 heterocycles. The number of halogens is 1. The van der Waals surface area contributed by atoms with Crippen LogP contribution in [0.5, 0.6) is 5.75 Å². The molecule has 2 aromatic rings. The molecule has 5 nitrogen and oxygen atoms in total. The van der Waals surface area contributed by atoms with Gasteiger partial charge < -0.3 is 15.0 Å². The summed E-state index contributed by atoms with van der Waals surface area (Å²) in [6, 6.07) is 9.97. The number of carbonyl (C=O) groups is 1. The Morgan fingerprint density at radius 2 is 2.04 bits per heavy atom. The molecule has 6 heteroatoms. The van der Waals surface area contributed by atoms with Gasteiger partial charge in [0.05, 0.1) is 6.61 Å².